The van der Waals surface area contributed by atoms with Crippen molar-refractivity contribution in [2.75, 3.05) is 24.0 Å². The monoisotopic (exact) mass is 552 g/mol. The number of ether oxygens (including phenoxy) is 1. The third-order valence-corrected chi connectivity index (χ3v) is 5.93. The Hall–Kier alpha value is -2.81. The highest BCUT2D eigenvalue weighted by Gasteiger charge is 2.25. The van der Waals surface area contributed by atoms with E-state index in [1.807, 2.05) is 68.6 Å². The number of nitrogens with one attached hydrogen (secondary N) is 1. The number of aliphatic hydroxyl groups excluding tert-OH is 1. The number of hydrogen-bond acceptors (Lipinski definition) is 6. The number of fused-ring (bicyclic) bond motifs is 1. The number of benzene rings is 1. The molecule has 1 atom stereocenters. The SMILES string of the molecule is CC.CCCC(CC(=O)OCC)N(N=O)c1ccccc1NCc1cc(C)n2cc(Cl)cc(Cl)c12.CO. The average Bonchev–Trinajstić information content (AvgIpc) is 3.22. The topological polar surface area (TPSA) is 95.6 Å². The van der Waals surface area contributed by atoms with Gasteiger partial charge >= 0.3 is 5.97 Å². The van der Waals surface area contributed by atoms with Crippen molar-refractivity contribution in [1.29, 1.82) is 0 Å². The van der Waals surface area contributed by atoms with Crippen LogP contribution in [0, 0.1) is 11.8 Å². The van der Waals surface area contributed by atoms with Crippen molar-refractivity contribution >= 4 is 46.1 Å². The number of pyridine rings is 1. The van der Waals surface area contributed by atoms with E-state index in [0.29, 0.717) is 35.3 Å². The van der Waals surface area contributed by atoms with Crippen molar-refractivity contribution in [3.63, 3.8) is 0 Å². The van der Waals surface area contributed by atoms with Crippen LogP contribution in [0.15, 0.2) is 47.9 Å². The number of aromatic nitrogens is 1. The highest BCUT2D eigenvalue weighted by molar-refractivity contribution is 6.36. The summed E-state index contributed by atoms with van der Waals surface area (Å²) in [5, 5.41) is 16.2. The Morgan fingerprint density at radius 3 is 2.49 bits per heavy atom. The van der Waals surface area contributed by atoms with E-state index in [0.717, 1.165) is 36.0 Å². The smallest absolute Gasteiger partial charge is 0.307 e. The van der Waals surface area contributed by atoms with Crippen LogP contribution in [0.2, 0.25) is 10.0 Å². The van der Waals surface area contributed by atoms with Gasteiger partial charge in [-0.15, -0.1) is 4.91 Å². The molecule has 0 amide bonds. The highest BCUT2D eigenvalue weighted by Crippen LogP contribution is 2.32. The van der Waals surface area contributed by atoms with Gasteiger partial charge < -0.3 is 19.6 Å². The lowest BCUT2D eigenvalue weighted by Crippen LogP contribution is -2.33. The quantitative estimate of drug-likeness (QED) is 0.146. The Morgan fingerprint density at radius 1 is 1.19 bits per heavy atom. The van der Waals surface area contributed by atoms with Crippen molar-refractivity contribution in [2.45, 2.75) is 66.5 Å². The summed E-state index contributed by atoms with van der Waals surface area (Å²) in [6, 6.07) is 10.8. The van der Waals surface area contributed by atoms with Gasteiger partial charge in [0.05, 0.1) is 51.3 Å². The standard InChI is InChI=1S/C24H28Cl2N4O3.C2H6.CH4O/c1-4-8-19(13-23(31)33-5-2)30(28-32)22-10-7-6-9-21(22)27-14-17-11-16(3)29-15-18(25)12-20(26)24(17)29;2*1-2/h6-7,9-12,15,19,27H,4-5,8,13-14H2,1-3H3;1-2H3;2H,1H3. The number of carbonyl (C=O) groups is 1. The van der Waals surface area contributed by atoms with Crippen LogP contribution in [-0.4, -0.2) is 35.2 Å². The summed E-state index contributed by atoms with van der Waals surface area (Å²) in [6.45, 7) is 10.5. The molecule has 0 aliphatic rings. The van der Waals surface area contributed by atoms with Crippen molar-refractivity contribution in [2.24, 2.45) is 5.29 Å². The fourth-order valence-corrected chi connectivity index (χ4v) is 4.61. The summed E-state index contributed by atoms with van der Waals surface area (Å²) in [5.74, 6) is -0.348. The third-order valence-electron chi connectivity index (χ3n) is 5.43. The normalized spacial score (nSPS) is 10.9. The second-order valence-electron chi connectivity index (χ2n) is 7.78. The predicted molar refractivity (Wildman–Crippen MR) is 154 cm³/mol. The maximum atomic E-state index is 12.1. The van der Waals surface area contributed by atoms with Crippen LogP contribution in [0.1, 0.15) is 58.2 Å². The molecule has 2 aromatic heterocycles. The Bertz CT molecular complexity index is 1140. The van der Waals surface area contributed by atoms with E-state index in [-0.39, 0.29) is 12.4 Å². The van der Waals surface area contributed by atoms with Crippen LogP contribution in [0.25, 0.3) is 5.52 Å². The highest BCUT2D eigenvalue weighted by atomic mass is 35.5. The van der Waals surface area contributed by atoms with Crippen LogP contribution in [0.3, 0.4) is 0 Å². The van der Waals surface area contributed by atoms with E-state index >= 15 is 0 Å². The van der Waals surface area contributed by atoms with E-state index in [1.165, 1.54) is 5.01 Å². The second kappa shape index (κ2) is 16.8. The van der Waals surface area contributed by atoms with Crippen LogP contribution in [0.4, 0.5) is 11.4 Å². The van der Waals surface area contributed by atoms with Gasteiger partial charge in [-0.25, -0.2) is 5.01 Å². The van der Waals surface area contributed by atoms with Crippen LogP contribution in [-0.2, 0) is 16.1 Å². The Balaban J connectivity index is 0.00000163. The lowest BCUT2D eigenvalue weighted by molar-refractivity contribution is -0.143. The van der Waals surface area contributed by atoms with Gasteiger partial charge in [-0.1, -0.05) is 62.5 Å². The number of anilines is 2. The van der Waals surface area contributed by atoms with E-state index in [2.05, 4.69) is 10.6 Å². The maximum Gasteiger partial charge on any atom is 0.307 e. The number of aryl methyl sites for hydroxylation is 1. The minimum Gasteiger partial charge on any atom is -0.466 e. The molecule has 1 unspecified atom stereocenters. The predicted octanol–water partition coefficient (Wildman–Crippen LogP) is 7.41. The van der Waals surface area contributed by atoms with Crippen LogP contribution >= 0.6 is 23.2 Å². The van der Waals surface area contributed by atoms with Crippen molar-refractivity contribution in [3.8, 4) is 0 Å². The molecule has 2 heterocycles. The number of rotatable bonds is 11. The summed E-state index contributed by atoms with van der Waals surface area (Å²) in [4.78, 5) is 24.0. The molecule has 0 saturated heterocycles. The molecule has 0 aliphatic carbocycles. The molecule has 0 aliphatic heterocycles. The van der Waals surface area contributed by atoms with Gasteiger partial charge in [0.25, 0.3) is 0 Å². The minimum atomic E-state index is -0.399. The van der Waals surface area contributed by atoms with Crippen molar-refractivity contribution in [1.82, 2.24) is 4.40 Å². The Morgan fingerprint density at radius 2 is 1.86 bits per heavy atom. The lowest BCUT2D eigenvalue weighted by Gasteiger charge is -2.27. The number of carbonyl (C=O) groups excluding carboxylic acids is 1. The summed E-state index contributed by atoms with van der Waals surface area (Å²) >= 11 is 12.6. The maximum absolute atomic E-state index is 12.1. The number of hydrogen-bond donors (Lipinski definition) is 2. The van der Waals surface area contributed by atoms with E-state index < -0.39 is 6.04 Å². The van der Waals surface area contributed by atoms with Crippen molar-refractivity contribution in [3.05, 3.63) is 68.8 Å². The first-order valence-electron chi connectivity index (χ1n) is 12.4. The van der Waals surface area contributed by atoms with E-state index in [9.17, 15) is 9.70 Å². The van der Waals surface area contributed by atoms with E-state index in [1.54, 1.807) is 13.0 Å². The summed E-state index contributed by atoms with van der Waals surface area (Å²) in [7, 11) is 1.00. The number of halogens is 2. The number of esters is 1. The molecule has 0 fully saturated rings. The summed E-state index contributed by atoms with van der Waals surface area (Å²) < 4.78 is 7.06. The molecule has 3 aromatic rings. The third kappa shape index (κ3) is 8.62. The average molecular weight is 554 g/mol. The second-order valence-corrected chi connectivity index (χ2v) is 8.63. The molecule has 204 valence electrons. The molecule has 2 N–H and O–H groups in total. The Kier molecular flexibility index (Phi) is 14.7. The zero-order valence-electron chi connectivity index (χ0n) is 22.4. The van der Waals surface area contributed by atoms with Gasteiger partial charge in [0, 0.05) is 25.5 Å². The first-order valence-corrected chi connectivity index (χ1v) is 13.2. The van der Waals surface area contributed by atoms with Gasteiger partial charge in [-0.3, -0.25) is 4.79 Å². The largest absolute Gasteiger partial charge is 0.466 e. The molecule has 3 rings (SSSR count). The zero-order chi connectivity index (χ0) is 28.0. The number of aliphatic hydroxyl groups is 1. The lowest BCUT2D eigenvalue weighted by atomic mass is 10.1. The first kappa shape index (κ1) is 32.2. The van der Waals surface area contributed by atoms with Crippen molar-refractivity contribution < 1.29 is 14.6 Å². The number of nitrogens with zero attached hydrogens (tertiary/aromatic N) is 3. The van der Waals surface area contributed by atoms with Gasteiger partial charge in [0.2, 0.25) is 0 Å². The molecule has 8 nitrogen and oxygen atoms in total. The van der Waals surface area contributed by atoms with Crippen LogP contribution < -0.4 is 10.3 Å². The first-order chi connectivity index (χ1) is 17.9. The molecule has 0 spiro atoms. The molecule has 1 aromatic carbocycles. The fourth-order valence-electron chi connectivity index (χ4n) is 4.02. The van der Waals surface area contributed by atoms with Crippen LogP contribution in [0.5, 0.6) is 0 Å². The van der Waals surface area contributed by atoms with Gasteiger partial charge in [0.15, 0.2) is 0 Å². The molecule has 10 heteroatoms. The Labute approximate surface area is 229 Å². The molecule has 0 radical (unpaired) electrons. The van der Waals surface area contributed by atoms with Gasteiger partial charge in [-0.2, -0.15) is 0 Å². The molecular weight excluding hydrogens is 515 g/mol. The summed E-state index contributed by atoms with van der Waals surface area (Å²) in [5.41, 5.74) is 4.20. The molecular formula is C27H38Cl2N4O4. The van der Waals surface area contributed by atoms with E-state index in [4.69, 9.17) is 33.0 Å². The molecule has 0 bridgehead atoms. The molecule has 37 heavy (non-hydrogen) atoms. The van der Waals surface area contributed by atoms with Gasteiger partial charge in [-0.05, 0) is 50.1 Å². The number of nitroso groups, excluding NO2 is 1. The van der Waals surface area contributed by atoms with Gasteiger partial charge in [0.1, 0.15) is 0 Å². The fraction of sp³-hybridized carbons (Fsp3) is 0.444. The zero-order valence-corrected chi connectivity index (χ0v) is 23.9. The number of para-hydroxylation sites is 2. The molecule has 0 saturated carbocycles. The summed E-state index contributed by atoms with van der Waals surface area (Å²) in [6.07, 6.45) is 3.33. The minimum absolute atomic E-state index is 0.0848.